The summed E-state index contributed by atoms with van der Waals surface area (Å²) in [5, 5.41) is 14.8. The summed E-state index contributed by atoms with van der Waals surface area (Å²) < 4.78 is 3.75. The van der Waals surface area contributed by atoms with Gasteiger partial charge in [-0.05, 0) is 6.42 Å². The smallest absolute Gasteiger partial charge is 0.362 e. The predicted molar refractivity (Wildman–Crippen MR) is 60.0 cm³/mol. The molecule has 1 aromatic heterocycles. The van der Waals surface area contributed by atoms with Crippen molar-refractivity contribution in [2.75, 3.05) is 11.9 Å². The molecule has 0 aliphatic heterocycles. The Morgan fingerprint density at radius 1 is 1.71 bits per heavy atom. The number of hydrogen-bond acceptors (Lipinski definition) is 7. The number of nitrogens with one attached hydrogen (secondary N) is 1. The molecule has 0 saturated heterocycles. The minimum absolute atomic E-state index is 0.0945. The lowest BCUT2D eigenvalue weighted by Crippen LogP contribution is -2.17. The van der Waals surface area contributed by atoms with Crippen molar-refractivity contribution in [2.24, 2.45) is 5.16 Å². The van der Waals surface area contributed by atoms with Crippen molar-refractivity contribution in [3.8, 4) is 0 Å². The molecule has 9 heteroatoms. The Balaban J connectivity index is 2.85. The maximum Gasteiger partial charge on any atom is 0.362 e. The highest BCUT2D eigenvalue weighted by Gasteiger charge is 2.19. The number of nitrogens with zero attached hydrogens (tertiary/aromatic N) is 3. The lowest BCUT2D eigenvalue weighted by molar-refractivity contribution is -0.129. The van der Waals surface area contributed by atoms with Gasteiger partial charge in [0.05, 0.1) is 0 Å². The summed E-state index contributed by atoms with van der Waals surface area (Å²) >= 11 is 0.856. The molecule has 0 radical (unpaired) electrons. The van der Waals surface area contributed by atoms with Gasteiger partial charge in [0.15, 0.2) is 0 Å². The summed E-state index contributed by atoms with van der Waals surface area (Å²) in [5.41, 5.74) is -0.395. The molecule has 1 heterocycles. The van der Waals surface area contributed by atoms with E-state index in [-0.39, 0.29) is 11.0 Å². The normalized spacial score (nSPS) is 11.0. The van der Waals surface area contributed by atoms with Crippen LogP contribution in [0.5, 0.6) is 0 Å². The molecule has 92 valence electrons. The highest BCUT2D eigenvalue weighted by molar-refractivity contribution is 7.10. The Labute approximate surface area is 100 Å². The summed E-state index contributed by atoms with van der Waals surface area (Å²) in [6.45, 7) is 2.17. The number of oxime groups is 1. The summed E-state index contributed by atoms with van der Waals surface area (Å²) in [7, 11) is 0. The largest absolute Gasteiger partial charge is 0.476 e. The van der Waals surface area contributed by atoms with Crippen LogP contribution in [0.3, 0.4) is 0 Å². The van der Waals surface area contributed by atoms with Gasteiger partial charge in [-0.2, -0.15) is 9.36 Å². The number of carboxylic acids is 1. The maximum absolute atomic E-state index is 10.9. The Bertz CT molecular complexity index is 431. The van der Waals surface area contributed by atoms with Gasteiger partial charge in [0.1, 0.15) is 6.61 Å². The first-order valence-electron chi connectivity index (χ1n) is 4.66. The molecule has 0 aliphatic carbocycles. The third-order valence-electron chi connectivity index (χ3n) is 1.47. The van der Waals surface area contributed by atoms with Crippen molar-refractivity contribution < 1.29 is 19.5 Å². The second-order valence-electron chi connectivity index (χ2n) is 2.76. The number of aliphatic carboxylic acids is 1. The second-order valence-corrected chi connectivity index (χ2v) is 3.52. The molecule has 0 spiro atoms. The van der Waals surface area contributed by atoms with Gasteiger partial charge in [0.2, 0.25) is 23.1 Å². The number of rotatable bonds is 7. The van der Waals surface area contributed by atoms with E-state index in [4.69, 9.17) is 9.94 Å². The van der Waals surface area contributed by atoms with Crippen LogP contribution < -0.4 is 5.32 Å². The van der Waals surface area contributed by atoms with E-state index in [1.165, 1.54) is 0 Å². The molecule has 0 bridgehead atoms. The molecule has 1 rings (SSSR count). The lowest BCUT2D eigenvalue weighted by Gasteiger charge is -1.97. The Hall–Kier alpha value is -2.03. The number of carboxylic acid groups (broad SMARTS) is 1. The van der Waals surface area contributed by atoms with E-state index in [1.807, 2.05) is 6.92 Å². The number of hydrogen-bond donors (Lipinski definition) is 2. The number of anilines is 1. The van der Waals surface area contributed by atoms with Crippen LogP contribution >= 0.6 is 11.5 Å². The first kappa shape index (κ1) is 13.0. The van der Waals surface area contributed by atoms with Gasteiger partial charge in [-0.15, -0.1) is 0 Å². The molecule has 1 aromatic rings. The zero-order chi connectivity index (χ0) is 12.7. The highest BCUT2D eigenvalue weighted by atomic mass is 32.1. The van der Waals surface area contributed by atoms with Crippen molar-refractivity contribution in [3.63, 3.8) is 0 Å². The molecular formula is C8H10N4O4S. The minimum atomic E-state index is -1.29. The molecule has 8 nitrogen and oxygen atoms in total. The molecule has 0 saturated carbocycles. The third-order valence-corrected chi connectivity index (χ3v) is 2.12. The van der Waals surface area contributed by atoms with Crippen LogP contribution in [-0.4, -0.2) is 39.2 Å². The van der Waals surface area contributed by atoms with Gasteiger partial charge in [-0.3, -0.25) is 4.79 Å². The van der Waals surface area contributed by atoms with E-state index in [2.05, 4.69) is 19.8 Å². The SMILES string of the molecule is CCCON=C(C(=O)O)c1nsc(NC=O)n1. The molecule has 0 aliphatic rings. The van der Waals surface area contributed by atoms with E-state index in [1.54, 1.807) is 0 Å². The van der Waals surface area contributed by atoms with Gasteiger partial charge < -0.3 is 15.3 Å². The molecule has 2 N–H and O–H groups in total. The van der Waals surface area contributed by atoms with Crippen LogP contribution in [0.4, 0.5) is 5.13 Å². The van der Waals surface area contributed by atoms with Crippen LogP contribution in [0.25, 0.3) is 0 Å². The predicted octanol–water partition coefficient (Wildman–Crippen LogP) is 0.322. The van der Waals surface area contributed by atoms with E-state index in [9.17, 15) is 9.59 Å². The fraction of sp³-hybridized carbons (Fsp3) is 0.375. The lowest BCUT2D eigenvalue weighted by atomic mass is 10.4. The molecule has 0 fully saturated rings. The average Bonchev–Trinajstić information content (AvgIpc) is 2.73. The van der Waals surface area contributed by atoms with Crippen LogP contribution in [0.1, 0.15) is 19.2 Å². The maximum atomic E-state index is 10.9. The van der Waals surface area contributed by atoms with Gasteiger partial charge >= 0.3 is 5.97 Å². The minimum Gasteiger partial charge on any atom is -0.476 e. The molecule has 1 amide bonds. The number of carbonyl (C=O) groups excluding carboxylic acids is 1. The molecule has 0 aromatic carbocycles. The fourth-order valence-corrected chi connectivity index (χ4v) is 1.33. The zero-order valence-electron chi connectivity index (χ0n) is 8.91. The first-order chi connectivity index (χ1) is 8.19. The van der Waals surface area contributed by atoms with Crippen LogP contribution in [0, 0.1) is 0 Å². The van der Waals surface area contributed by atoms with E-state index in [0.29, 0.717) is 19.4 Å². The van der Waals surface area contributed by atoms with Gasteiger partial charge in [0.25, 0.3) is 0 Å². The Morgan fingerprint density at radius 3 is 3.06 bits per heavy atom. The molecule has 0 atom stereocenters. The van der Waals surface area contributed by atoms with Crippen LogP contribution in [0.2, 0.25) is 0 Å². The molecule has 0 unspecified atom stereocenters. The van der Waals surface area contributed by atoms with Crippen molar-refractivity contribution in [1.29, 1.82) is 0 Å². The van der Waals surface area contributed by atoms with Crippen molar-refractivity contribution in [3.05, 3.63) is 5.82 Å². The fourth-order valence-electron chi connectivity index (χ4n) is 0.806. The third kappa shape index (κ3) is 3.79. The van der Waals surface area contributed by atoms with Gasteiger partial charge in [-0.1, -0.05) is 12.1 Å². The van der Waals surface area contributed by atoms with Crippen molar-refractivity contribution in [2.45, 2.75) is 13.3 Å². The van der Waals surface area contributed by atoms with Crippen LogP contribution in [-0.2, 0) is 14.4 Å². The zero-order valence-corrected chi connectivity index (χ0v) is 9.73. The summed E-state index contributed by atoms with van der Waals surface area (Å²) in [4.78, 5) is 29.6. The number of amides is 1. The van der Waals surface area contributed by atoms with Crippen molar-refractivity contribution >= 4 is 34.8 Å². The number of carbonyl (C=O) groups is 2. The van der Waals surface area contributed by atoms with Gasteiger partial charge in [-0.25, -0.2) is 4.79 Å². The molecule has 17 heavy (non-hydrogen) atoms. The first-order valence-corrected chi connectivity index (χ1v) is 5.43. The Morgan fingerprint density at radius 2 is 2.47 bits per heavy atom. The summed E-state index contributed by atoms with van der Waals surface area (Å²) in [6, 6.07) is 0. The number of aromatic nitrogens is 2. The molecular weight excluding hydrogens is 248 g/mol. The Kier molecular flexibility index (Phi) is 5.01. The summed E-state index contributed by atoms with van der Waals surface area (Å²) in [6.07, 6.45) is 1.13. The quantitative estimate of drug-likeness (QED) is 0.315. The van der Waals surface area contributed by atoms with E-state index >= 15 is 0 Å². The van der Waals surface area contributed by atoms with Crippen molar-refractivity contribution in [1.82, 2.24) is 9.36 Å². The topological polar surface area (TPSA) is 114 Å². The second kappa shape index (κ2) is 6.53. The van der Waals surface area contributed by atoms with Crippen LogP contribution in [0.15, 0.2) is 5.16 Å². The van der Waals surface area contributed by atoms with E-state index in [0.717, 1.165) is 11.5 Å². The highest BCUT2D eigenvalue weighted by Crippen LogP contribution is 2.10. The average molecular weight is 258 g/mol. The summed E-state index contributed by atoms with van der Waals surface area (Å²) in [5.74, 6) is -1.39. The van der Waals surface area contributed by atoms with Gasteiger partial charge in [0, 0.05) is 11.5 Å². The van der Waals surface area contributed by atoms with E-state index < -0.39 is 11.7 Å². The standard InChI is InChI=1S/C8H10N4O4S/c1-2-3-16-11-5(7(14)15)6-10-8(9-4-13)17-12-6/h4H,2-3H2,1H3,(H,14,15)(H,9,10,12,13). The monoisotopic (exact) mass is 258 g/mol.